The van der Waals surface area contributed by atoms with Crippen molar-refractivity contribution in [1.29, 1.82) is 0 Å². The lowest BCUT2D eigenvalue weighted by molar-refractivity contribution is 1.12. The number of rotatable bonds is 1. The predicted molar refractivity (Wildman–Crippen MR) is 63.7 cm³/mol. The SMILES string of the molecule is Nc1n[nH]c2cnc(-c3ccccc3)cc12. The molecule has 3 rings (SSSR count). The van der Waals surface area contributed by atoms with Gasteiger partial charge in [-0.25, -0.2) is 0 Å². The lowest BCUT2D eigenvalue weighted by Crippen LogP contribution is -1.86. The van der Waals surface area contributed by atoms with Gasteiger partial charge in [0.25, 0.3) is 0 Å². The van der Waals surface area contributed by atoms with Gasteiger partial charge >= 0.3 is 0 Å². The van der Waals surface area contributed by atoms with E-state index in [0.717, 1.165) is 22.2 Å². The molecule has 0 atom stereocenters. The van der Waals surface area contributed by atoms with Gasteiger partial charge < -0.3 is 5.73 Å². The molecule has 16 heavy (non-hydrogen) atoms. The molecule has 1 aromatic carbocycles. The Labute approximate surface area is 92.1 Å². The molecule has 2 aromatic heterocycles. The van der Waals surface area contributed by atoms with Gasteiger partial charge in [-0.2, -0.15) is 5.10 Å². The molecule has 0 aliphatic carbocycles. The van der Waals surface area contributed by atoms with Crippen molar-refractivity contribution in [2.45, 2.75) is 0 Å². The molecule has 0 aliphatic rings. The molecule has 4 heteroatoms. The van der Waals surface area contributed by atoms with Gasteiger partial charge in [0.1, 0.15) is 0 Å². The lowest BCUT2D eigenvalue weighted by atomic mass is 10.1. The second-order valence-corrected chi connectivity index (χ2v) is 3.59. The molecular formula is C12H10N4. The summed E-state index contributed by atoms with van der Waals surface area (Å²) < 4.78 is 0. The quantitative estimate of drug-likeness (QED) is 0.647. The van der Waals surface area contributed by atoms with Crippen molar-refractivity contribution in [3.63, 3.8) is 0 Å². The summed E-state index contributed by atoms with van der Waals surface area (Å²) in [7, 11) is 0. The van der Waals surface area contributed by atoms with Crippen LogP contribution in [0.25, 0.3) is 22.2 Å². The highest BCUT2D eigenvalue weighted by molar-refractivity contribution is 5.90. The van der Waals surface area contributed by atoms with Crippen LogP contribution >= 0.6 is 0 Å². The molecule has 0 radical (unpaired) electrons. The number of hydrogen-bond acceptors (Lipinski definition) is 3. The average molecular weight is 210 g/mol. The number of nitrogen functional groups attached to an aromatic ring is 1. The largest absolute Gasteiger partial charge is 0.382 e. The van der Waals surface area contributed by atoms with Crippen molar-refractivity contribution in [1.82, 2.24) is 15.2 Å². The molecule has 0 fully saturated rings. The fourth-order valence-electron chi connectivity index (χ4n) is 1.70. The van der Waals surface area contributed by atoms with E-state index in [4.69, 9.17) is 5.73 Å². The maximum absolute atomic E-state index is 5.75. The molecule has 0 spiro atoms. The summed E-state index contributed by atoms with van der Waals surface area (Å²) >= 11 is 0. The van der Waals surface area contributed by atoms with Crippen LogP contribution < -0.4 is 5.73 Å². The Morgan fingerprint density at radius 2 is 1.94 bits per heavy atom. The van der Waals surface area contributed by atoms with Gasteiger partial charge in [-0.3, -0.25) is 10.1 Å². The molecule has 78 valence electrons. The molecular weight excluding hydrogens is 200 g/mol. The monoisotopic (exact) mass is 210 g/mol. The summed E-state index contributed by atoms with van der Waals surface area (Å²) in [6.45, 7) is 0. The number of fused-ring (bicyclic) bond motifs is 1. The number of aromatic nitrogens is 3. The Kier molecular flexibility index (Phi) is 1.86. The second kappa shape index (κ2) is 3.34. The Morgan fingerprint density at radius 1 is 1.12 bits per heavy atom. The number of benzene rings is 1. The van der Waals surface area contributed by atoms with Crippen molar-refractivity contribution in [2.75, 3.05) is 5.73 Å². The lowest BCUT2D eigenvalue weighted by Gasteiger charge is -2.00. The summed E-state index contributed by atoms with van der Waals surface area (Å²) in [6.07, 6.45) is 1.75. The number of anilines is 1. The number of nitrogens with two attached hydrogens (primary N) is 1. The third-order valence-electron chi connectivity index (χ3n) is 2.55. The number of nitrogens with zero attached hydrogens (tertiary/aromatic N) is 2. The van der Waals surface area contributed by atoms with Gasteiger partial charge in [0.15, 0.2) is 5.82 Å². The molecule has 0 saturated heterocycles. The van der Waals surface area contributed by atoms with Crippen LogP contribution in [0.15, 0.2) is 42.6 Å². The fourth-order valence-corrected chi connectivity index (χ4v) is 1.70. The van der Waals surface area contributed by atoms with E-state index in [1.165, 1.54) is 0 Å². The van der Waals surface area contributed by atoms with Crippen LogP contribution in [0.4, 0.5) is 5.82 Å². The van der Waals surface area contributed by atoms with Gasteiger partial charge in [0, 0.05) is 10.9 Å². The number of H-pyrrole nitrogens is 1. The molecule has 0 aliphatic heterocycles. The number of aromatic amines is 1. The van der Waals surface area contributed by atoms with Crippen LogP contribution in [0.1, 0.15) is 0 Å². The number of pyridine rings is 1. The number of hydrogen-bond donors (Lipinski definition) is 2. The van der Waals surface area contributed by atoms with E-state index in [2.05, 4.69) is 15.2 Å². The van der Waals surface area contributed by atoms with Crippen molar-refractivity contribution in [3.05, 3.63) is 42.6 Å². The minimum atomic E-state index is 0.509. The Balaban J connectivity index is 2.22. The molecule has 3 N–H and O–H groups in total. The topological polar surface area (TPSA) is 67.6 Å². The summed E-state index contributed by atoms with van der Waals surface area (Å²) in [5.41, 5.74) is 8.59. The smallest absolute Gasteiger partial charge is 0.153 e. The third kappa shape index (κ3) is 1.32. The van der Waals surface area contributed by atoms with Gasteiger partial charge in [-0.1, -0.05) is 30.3 Å². The zero-order chi connectivity index (χ0) is 11.0. The highest BCUT2D eigenvalue weighted by atomic mass is 15.2. The molecule has 3 aromatic rings. The maximum atomic E-state index is 5.75. The van der Waals surface area contributed by atoms with E-state index in [9.17, 15) is 0 Å². The molecule has 0 saturated carbocycles. The average Bonchev–Trinajstić information content (AvgIpc) is 2.72. The van der Waals surface area contributed by atoms with Crippen molar-refractivity contribution in [2.24, 2.45) is 0 Å². The molecule has 4 nitrogen and oxygen atoms in total. The normalized spacial score (nSPS) is 10.8. The van der Waals surface area contributed by atoms with Gasteiger partial charge in [0.2, 0.25) is 0 Å². The van der Waals surface area contributed by atoms with Crippen LogP contribution in [-0.2, 0) is 0 Å². The van der Waals surface area contributed by atoms with Gasteiger partial charge in [-0.05, 0) is 6.07 Å². The van der Waals surface area contributed by atoms with Crippen molar-refractivity contribution < 1.29 is 0 Å². The summed E-state index contributed by atoms with van der Waals surface area (Å²) in [5, 5.41) is 7.68. The van der Waals surface area contributed by atoms with E-state index >= 15 is 0 Å². The Bertz CT molecular complexity index is 628. The van der Waals surface area contributed by atoms with E-state index in [0.29, 0.717) is 5.82 Å². The highest BCUT2D eigenvalue weighted by Gasteiger charge is 2.05. The standard InChI is InChI=1S/C12H10N4/c13-12-9-6-10(8-4-2-1-3-5-8)14-7-11(9)15-16-12/h1-7H,(H3,13,15,16). The first kappa shape index (κ1) is 8.91. The summed E-state index contributed by atoms with van der Waals surface area (Å²) in [6, 6.07) is 11.9. The van der Waals surface area contributed by atoms with Crippen LogP contribution in [0.3, 0.4) is 0 Å². The Morgan fingerprint density at radius 3 is 2.75 bits per heavy atom. The third-order valence-corrected chi connectivity index (χ3v) is 2.55. The minimum Gasteiger partial charge on any atom is -0.382 e. The highest BCUT2D eigenvalue weighted by Crippen LogP contribution is 2.23. The number of nitrogens with one attached hydrogen (secondary N) is 1. The van der Waals surface area contributed by atoms with E-state index < -0.39 is 0 Å². The Hall–Kier alpha value is -2.36. The molecule has 0 bridgehead atoms. The first-order valence-electron chi connectivity index (χ1n) is 4.99. The van der Waals surface area contributed by atoms with E-state index in [-0.39, 0.29) is 0 Å². The van der Waals surface area contributed by atoms with Gasteiger partial charge in [-0.15, -0.1) is 0 Å². The predicted octanol–water partition coefficient (Wildman–Crippen LogP) is 2.21. The van der Waals surface area contributed by atoms with Crippen LogP contribution in [0, 0.1) is 0 Å². The fraction of sp³-hybridized carbons (Fsp3) is 0. The first-order valence-corrected chi connectivity index (χ1v) is 4.99. The first-order chi connectivity index (χ1) is 7.84. The minimum absolute atomic E-state index is 0.509. The summed E-state index contributed by atoms with van der Waals surface area (Å²) in [4.78, 5) is 4.36. The second-order valence-electron chi connectivity index (χ2n) is 3.59. The van der Waals surface area contributed by atoms with Crippen LogP contribution in [0.2, 0.25) is 0 Å². The van der Waals surface area contributed by atoms with Crippen LogP contribution in [0.5, 0.6) is 0 Å². The molecule has 0 unspecified atom stereocenters. The van der Waals surface area contributed by atoms with E-state index in [1.807, 2.05) is 36.4 Å². The molecule has 0 amide bonds. The van der Waals surface area contributed by atoms with Crippen molar-refractivity contribution >= 4 is 16.7 Å². The zero-order valence-corrected chi connectivity index (χ0v) is 8.51. The maximum Gasteiger partial charge on any atom is 0.153 e. The summed E-state index contributed by atoms with van der Waals surface area (Å²) in [5.74, 6) is 0.509. The van der Waals surface area contributed by atoms with Gasteiger partial charge in [0.05, 0.1) is 17.4 Å². The molecule has 2 heterocycles. The van der Waals surface area contributed by atoms with Crippen molar-refractivity contribution in [3.8, 4) is 11.3 Å². The van der Waals surface area contributed by atoms with Crippen LogP contribution in [-0.4, -0.2) is 15.2 Å². The zero-order valence-electron chi connectivity index (χ0n) is 8.51. The van der Waals surface area contributed by atoms with E-state index in [1.54, 1.807) is 6.20 Å².